The minimum absolute atomic E-state index is 0.0314. The van der Waals surface area contributed by atoms with Crippen LogP contribution in [0.25, 0.3) is 0 Å². The molecule has 3 aromatic rings. The van der Waals surface area contributed by atoms with E-state index >= 15 is 0 Å². The first-order chi connectivity index (χ1) is 18.1. The van der Waals surface area contributed by atoms with Crippen molar-refractivity contribution >= 4 is 39.1 Å². The number of anilines is 2. The topological polar surface area (TPSA) is 122 Å². The molecule has 5 rings (SSSR count). The number of nitrogens with zero attached hydrogens (tertiary/aromatic N) is 2. The van der Waals surface area contributed by atoms with Gasteiger partial charge >= 0.3 is 0 Å². The quantitative estimate of drug-likeness (QED) is 0.458. The zero-order valence-corrected chi connectivity index (χ0v) is 20.9. The highest BCUT2D eigenvalue weighted by Crippen LogP contribution is 2.35. The predicted octanol–water partition coefficient (Wildman–Crippen LogP) is 3.04. The molecule has 3 amide bonds. The molecule has 0 saturated carbocycles. The fourth-order valence-electron chi connectivity index (χ4n) is 4.33. The monoisotopic (exact) mass is 539 g/mol. The number of halogens is 1. The minimum atomic E-state index is -4.32. The molecule has 2 aliphatic rings. The van der Waals surface area contributed by atoms with E-state index < -0.39 is 40.1 Å². The summed E-state index contributed by atoms with van der Waals surface area (Å²) in [5.41, 5.74) is 1.05. The van der Waals surface area contributed by atoms with Crippen molar-refractivity contribution in [2.24, 2.45) is 0 Å². The van der Waals surface area contributed by atoms with E-state index in [-0.39, 0.29) is 29.8 Å². The molecule has 2 aliphatic heterocycles. The summed E-state index contributed by atoms with van der Waals surface area (Å²) in [6.07, 6.45) is -0.399. The maximum Gasteiger partial charge on any atom is 0.252 e. The summed E-state index contributed by atoms with van der Waals surface area (Å²) in [6.45, 7) is 1.12. The van der Waals surface area contributed by atoms with Crippen molar-refractivity contribution in [2.75, 3.05) is 17.0 Å². The molecule has 3 aromatic carbocycles. The van der Waals surface area contributed by atoms with Crippen LogP contribution in [0.3, 0.4) is 0 Å². The van der Waals surface area contributed by atoms with Gasteiger partial charge in [0.15, 0.2) is 11.5 Å². The van der Waals surface area contributed by atoms with E-state index in [0.29, 0.717) is 22.7 Å². The lowest BCUT2D eigenvalue weighted by molar-refractivity contribution is -0.122. The molecule has 1 fully saturated rings. The summed E-state index contributed by atoms with van der Waals surface area (Å²) >= 11 is 0. The van der Waals surface area contributed by atoms with E-state index in [1.165, 1.54) is 43.3 Å². The van der Waals surface area contributed by atoms with Gasteiger partial charge in [-0.15, -0.1) is 0 Å². The number of hydrogen-bond donors (Lipinski definition) is 1. The van der Waals surface area contributed by atoms with Crippen LogP contribution in [0.2, 0.25) is 0 Å². The molecule has 0 bridgehead atoms. The largest absolute Gasteiger partial charge is 0.454 e. The molecule has 1 atom stereocenters. The highest BCUT2D eigenvalue weighted by molar-refractivity contribution is 7.89. The zero-order valence-electron chi connectivity index (χ0n) is 20.1. The molecule has 10 nitrogen and oxygen atoms in total. The number of carbonyl (C=O) groups excluding carboxylic acids is 3. The fraction of sp³-hybridized carbons (Fsp3) is 0.192. The van der Waals surface area contributed by atoms with E-state index in [1.54, 1.807) is 18.2 Å². The summed E-state index contributed by atoms with van der Waals surface area (Å²) in [6, 6.07) is 13.8. The normalized spacial score (nSPS) is 16.8. The molecule has 0 aliphatic carbocycles. The second kappa shape index (κ2) is 9.88. The molecule has 38 heavy (non-hydrogen) atoms. The highest BCUT2D eigenvalue weighted by atomic mass is 32.2. The van der Waals surface area contributed by atoms with Gasteiger partial charge in [0.25, 0.3) is 5.91 Å². The molecule has 1 N–H and O–H groups in total. The molecular formula is C26H22FN3O7S. The molecule has 0 spiro atoms. The zero-order chi connectivity index (χ0) is 27.0. The number of imide groups is 1. The van der Waals surface area contributed by atoms with E-state index in [1.807, 2.05) is 0 Å². The molecule has 1 unspecified atom stereocenters. The van der Waals surface area contributed by atoms with Crippen LogP contribution in [0, 0.1) is 5.82 Å². The van der Waals surface area contributed by atoms with Crippen molar-refractivity contribution in [3.63, 3.8) is 0 Å². The average Bonchev–Trinajstić information content (AvgIpc) is 3.46. The van der Waals surface area contributed by atoms with Gasteiger partial charge in [0.05, 0.1) is 17.0 Å². The summed E-state index contributed by atoms with van der Waals surface area (Å²) in [7, 11) is -4.32. The van der Waals surface area contributed by atoms with Gasteiger partial charge in [-0.2, -0.15) is 4.31 Å². The predicted molar refractivity (Wildman–Crippen MR) is 133 cm³/mol. The number of rotatable bonds is 7. The summed E-state index contributed by atoms with van der Waals surface area (Å²) in [5.74, 6) is -1.29. The number of hydrogen-bond acceptors (Lipinski definition) is 7. The van der Waals surface area contributed by atoms with Crippen LogP contribution in [-0.2, 0) is 31.0 Å². The van der Waals surface area contributed by atoms with Crippen molar-refractivity contribution in [1.82, 2.24) is 4.31 Å². The number of fused-ring (bicyclic) bond motifs is 1. The second-order valence-electron chi connectivity index (χ2n) is 8.71. The standard InChI is InChI=1S/C26H22FN3O7S/c1-16(31)28-19-5-9-21(10-6-19)38(34,35)29(14-17-2-11-23-24(12-17)37-15-36-23)22-13-25(32)30(26(22)33)20-7-3-18(27)4-8-20/h2-12,22H,13-15H2,1H3,(H,28,31). The summed E-state index contributed by atoms with van der Waals surface area (Å²) in [4.78, 5) is 38.5. The van der Waals surface area contributed by atoms with Gasteiger partial charge in [-0.25, -0.2) is 17.7 Å². The smallest absolute Gasteiger partial charge is 0.252 e. The van der Waals surface area contributed by atoms with Gasteiger partial charge in [-0.1, -0.05) is 6.07 Å². The lowest BCUT2D eigenvalue weighted by Gasteiger charge is -2.27. The Morgan fingerprint density at radius 3 is 2.39 bits per heavy atom. The first-order valence-corrected chi connectivity index (χ1v) is 13.0. The van der Waals surface area contributed by atoms with Crippen molar-refractivity contribution < 1.29 is 36.7 Å². The van der Waals surface area contributed by atoms with Gasteiger partial charge in [-0.05, 0) is 66.2 Å². The van der Waals surface area contributed by atoms with Crippen molar-refractivity contribution in [2.45, 2.75) is 30.8 Å². The summed E-state index contributed by atoms with van der Waals surface area (Å²) in [5, 5.41) is 2.57. The maximum atomic E-state index is 13.9. The van der Waals surface area contributed by atoms with Gasteiger partial charge in [-0.3, -0.25) is 14.4 Å². The van der Waals surface area contributed by atoms with Crippen LogP contribution in [0.15, 0.2) is 71.6 Å². The molecule has 2 heterocycles. The maximum absolute atomic E-state index is 13.9. The number of nitrogens with one attached hydrogen (secondary N) is 1. The van der Waals surface area contributed by atoms with E-state index in [2.05, 4.69) is 5.32 Å². The molecule has 1 saturated heterocycles. The Hall–Kier alpha value is -4.29. The highest BCUT2D eigenvalue weighted by Gasteiger charge is 2.47. The number of ether oxygens (including phenoxy) is 2. The van der Waals surface area contributed by atoms with Crippen LogP contribution >= 0.6 is 0 Å². The molecule has 196 valence electrons. The first-order valence-electron chi connectivity index (χ1n) is 11.5. The van der Waals surface area contributed by atoms with E-state index in [0.717, 1.165) is 21.3 Å². The molecular weight excluding hydrogens is 517 g/mol. The average molecular weight is 540 g/mol. The van der Waals surface area contributed by atoms with Gasteiger partial charge in [0.2, 0.25) is 28.6 Å². The minimum Gasteiger partial charge on any atom is -0.454 e. The number of amides is 3. The number of sulfonamides is 1. The third-order valence-corrected chi connectivity index (χ3v) is 7.98. The van der Waals surface area contributed by atoms with Gasteiger partial charge < -0.3 is 14.8 Å². The van der Waals surface area contributed by atoms with Crippen LogP contribution in [0.5, 0.6) is 11.5 Å². The number of carbonyl (C=O) groups is 3. The Morgan fingerprint density at radius 2 is 1.71 bits per heavy atom. The van der Waals surface area contributed by atoms with Crippen molar-refractivity contribution in [3.05, 3.63) is 78.1 Å². The van der Waals surface area contributed by atoms with Crippen LogP contribution < -0.4 is 19.7 Å². The Balaban J connectivity index is 1.52. The van der Waals surface area contributed by atoms with E-state index in [9.17, 15) is 27.2 Å². The van der Waals surface area contributed by atoms with Crippen LogP contribution in [-0.4, -0.2) is 43.3 Å². The number of benzene rings is 3. The summed E-state index contributed by atoms with van der Waals surface area (Å²) < 4.78 is 52.9. The van der Waals surface area contributed by atoms with Crippen molar-refractivity contribution in [1.29, 1.82) is 0 Å². The van der Waals surface area contributed by atoms with Crippen LogP contribution in [0.4, 0.5) is 15.8 Å². The van der Waals surface area contributed by atoms with Crippen LogP contribution in [0.1, 0.15) is 18.9 Å². The Labute approximate surface area is 217 Å². The second-order valence-corrected chi connectivity index (χ2v) is 10.6. The van der Waals surface area contributed by atoms with Gasteiger partial charge in [0.1, 0.15) is 11.9 Å². The molecule has 0 aromatic heterocycles. The Bertz CT molecular complexity index is 1530. The third-order valence-electron chi connectivity index (χ3n) is 6.11. The lowest BCUT2D eigenvalue weighted by Crippen LogP contribution is -2.45. The van der Waals surface area contributed by atoms with E-state index in [4.69, 9.17) is 9.47 Å². The fourth-order valence-corrected chi connectivity index (χ4v) is 5.90. The van der Waals surface area contributed by atoms with Gasteiger partial charge in [0, 0.05) is 19.2 Å². The SMILES string of the molecule is CC(=O)Nc1ccc(S(=O)(=O)N(Cc2ccc3c(c2)OCO3)C2CC(=O)N(c3ccc(F)cc3)C2=O)cc1. The molecule has 0 radical (unpaired) electrons. The third kappa shape index (κ3) is 4.83. The first kappa shape index (κ1) is 25.4. The molecule has 12 heteroatoms. The van der Waals surface area contributed by atoms with Crippen molar-refractivity contribution in [3.8, 4) is 11.5 Å². The lowest BCUT2D eigenvalue weighted by atomic mass is 10.1. The Morgan fingerprint density at radius 1 is 1.03 bits per heavy atom. The Kier molecular flexibility index (Phi) is 6.59.